The van der Waals surface area contributed by atoms with Crippen LogP contribution in [0.15, 0.2) is 78.9 Å². The molecule has 4 heteroatoms. The Hall–Kier alpha value is -0.986. The fraction of sp³-hybridized carbons (Fsp3) is 0.321. The van der Waals surface area contributed by atoms with Crippen LogP contribution in [0, 0.1) is 12.0 Å². The van der Waals surface area contributed by atoms with Crippen LogP contribution in [-0.4, -0.2) is 16.5 Å². The molecule has 163 valence electrons. The van der Waals surface area contributed by atoms with Crippen molar-refractivity contribution in [1.29, 1.82) is 0 Å². The Morgan fingerprint density at radius 3 is 2.31 bits per heavy atom. The summed E-state index contributed by atoms with van der Waals surface area (Å²) in [5.74, 6) is 0.713. The zero-order valence-electron chi connectivity index (χ0n) is 18.1. The number of benzene rings is 3. The second-order valence-electron chi connectivity index (χ2n) is 8.47. The number of ketones is 1. The topological polar surface area (TPSA) is 17.1 Å². The minimum absolute atomic E-state index is 0. The van der Waals surface area contributed by atoms with E-state index in [4.69, 9.17) is 23.2 Å². The fourth-order valence-electron chi connectivity index (χ4n) is 4.75. The smallest absolute Gasteiger partial charge is 0.167 e. The molecule has 1 nitrogen and oxygen atoms in total. The van der Waals surface area contributed by atoms with Gasteiger partial charge < -0.3 is 0 Å². The van der Waals surface area contributed by atoms with Gasteiger partial charge in [0.25, 0.3) is 0 Å². The molecule has 32 heavy (non-hydrogen) atoms. The van der Waals surface area contributed by atoms with Crippen LogP contribution in [0.25, 0.3) is 0 Å². The van der Waals surface area contributed by atoms with E-state index in [0.29, 0.717) is 12.3 Å². The number of alkyl halides is 2. The number of carbonyl (C=O) groups is 1. The van der Waals surface area contributed by atoms with E-state index in [2.05, 4.69) is 30.3 Å². The van der Waals surface area contributed by atoms with Gasteiger partial charge >= 0.3 is 0 Å². The molecule has 3 aromatic rings. The zero-order valence-corrected chi connectivity index (χ0v) is 22.4. The second kappa shape index (κ2) is 12.5. The van der Waals surface area contributed by atoms with Crippen LogP contribution in [0.1, 0.15) is 52.2 Å². The van der Waals surface area contributed by atoms with Gasteiger partial charge in [-0.05, 0) is 29.9 Å². The Labute approximate surface area is 226 Å². The van der Waals surface area contributed by atoms with Crippen molar-refractivity contribution in [3.63, 3.8) is 0 Å². The van der Waals surface area contributed by atoms with Crippen molar-refractivity contribution < 1.29 is 37.5 Å². The van der Waals surface area contributed by atoms with Crippen molar-refractivity contribution >= 4 is 29.0 Å². The Balaban J connectivity index is 0.00000289. The molecule has 0 saturated heterocycles. The van der Waals surface area contributed by atoms with Crippen LogP contribution in [0.4, 0.5) is 0 Å². The first-order chi connectivity index (χ1) is 15.1. The Morgan fingerprint density at radius 2 is 1.62 bits per heavy atom. The van der Waals surface area contributed by atoms with Gasteiger partial charge in [0.1, 0.15) is 0 Å². The third-order valence-corrected chi connectivity index (χ3v) is 7.32. The minimum Gasteiger partial charge on any atom is -0.294 e. The normalized spacial score (nSPS) is 22.3. The summed E-state index contributed by atoms with van der Waals surface area (Å²) in [7, 11) is 0. The molecule has 1 aliphatic carbocycles. The van der Waals surface area contributed by atoms with Crippen LogP contribution >= 0.6 is 23.2 Å². The van der Waals surface area contributed by atoms with Crippen LogP contribution in [0.2, 0.25) is 0 Å². The Kier molecular flexibility index (Phi) is 9.99. The van der Waals surface area contributed by atoms with E-state index in [0.717, 1.165) is 36.8 Å². The number of carbonyl (C=O) groups excluding carboxylic acids is 1. The Morgan fingerprint density at radius 1 is 0.906 bits per heavy atom. The van der Waals surface area contributed by atoms with Gasteiger partial charge in [-0.1, -0.05) is 67.4 Å². The first-order valence-corrected chi connectivity index (χ1v) is 11.9. The average Bonchev–Trinajstić information content (AvgIpc) is 3.08. The first-order valence-electron chi connectivity index (χ1n) is 11.0. The maximum atomic E-state index is 12.7. The molecule has 0 aromatic heterocycles. The second-order valence-corrected chi connectivity index (χ2v) is 9.59. The first kappa shape index (κ1) is 25.6. The third kappa shape index (κ3) is 6.54. The van der Waals surface area contributed by atoms with Crippen molar-refractivity contribution in [3.05, 3.63) is 107 Å². The molecule has 1 fully saturated rings. The number of hydrogen-bond acceptors (Lipinski definition) is 1. The Bertz CT molecular complexity index is 975. The molecule has 0 aliphatic heterocycles. The van der Waals surface area contributed by atoms with E-state index in [9.17, 15) is 4.79 Å². The quantitative estimate of drug-likeness (QED) is 0.168. The average molecular weight is 539 g/mol. The van der Waals surface area contributed by atoms with Gasteiger partial charge in [-0.25, -0.2) is 0 Å². The predicted molar refractivity (Wildman–Crippen MR) is 129 cm³/mol. The van der Waals surface area contributed by atoms with Gasteiger partial charge in [0.2, 0.25) is 0 Å². The molecular formula is C28H27Cl2OY-. The molecule has 0 heterocycles. The summed E-state index contributed by atoms with van der Waals surface area (Å²) in [6, 6.07) is 29.2. The van der Waals surface area contributed by atoms with Crippen molar-refractivity contribution in [2.75, 3.05) is 0 Å². The number of Topliss-reactive ketones (excluding diaryl/α,β-unsaturated/α-hetero) is 1. The molecule has 1 radical (unpaired) electrons. The molecule has 4 atom stereocenters. The number of halogens is 2. The van der Waals surface area contributed by atoms with Gasteiger partial charge in [-0.15, -0.1) is 23.2 Å². The molecule has 4 unspecified atom stereocenters. The van der Waals surface area contributed by atoms with Crippen molar-refractivity contribution in [3.8, 4) is 0 Å². The van der Waals surface area contributed by atoms with Crippen molar-refractivity contribution in [2.45, 2.75) is 48.8 Å². The maximum Gasteiger partial charge on any atom is 0.167 e. The van der Waals surface area contributed by atoms with E-state index in [-0.39, 0.29) is 55.2 Å². The number of hydrogen-bond donors (Lipinski definition) is 0. The summed E-state index contributed by atoms with van der Waals surface area (Å²) in [4.78, 5) is 12.7. The number of aryl methyl sites for hydroxylation is 1. The van der Waals surface area contributed by atoms with Gasteiger partial charge in [-0.2, -0.15) is 35.9 Å². The SMILES string of the molecule is O=C(Cc1ccccc1)c1ccc(C2C(Cl)CC(Cl)C2CCCc2c[c-]ccc2)cc1.[Y]. The molecule has 1 aliphatic rings. The standard InChI is InChI=1S/C28H27Cl2O.Y/c29-25-19-26(30)28(24(25)13-7-12-20-8-3-1-4-9-20)23-16-14-22(15-17-23)27(31)18-21-10-5-2-6-11-21;/h1-3,5-6,8-11,14-17,24-26,28H,7,12-13,18-19H2;/q-1;. The van der Waals surface area contributed by atoms with E-state index in [1.165, 1.54) is 11.1 Å². The predicted octanol–water partition coefficient (Wildman–Crippen LogP) is 7.25. The maximum absolute atomic E-state index is 12.7. The summed E-state index contributed by atoms with van der Waals surface area (Å²) in [5.41, 5.74) is 4.29. The fourth-order valence-corrected chi connectivity index (χ4v) is 5.84. The van der Waals surface area contributed by atoms with Crippen LogP contribution < -0.4 is 0 Å². The summed E-state index contributed by atoms with van der Waals surface area (Å²) in [5, 5.41) is 0.123. The number of rotatable bonds is 8. The summed E-state index contributed by atoms with van der Waals surface area (Å²) in [6.45, 7) is 0. The molecule has 0 N–H and O–H groups in total. The molecule has 0 spiro atoms. The van der Waals surface area contributed by atoms with Crippen LogP contribution in [0.3, 0.4) is 0 Å². The molecule has 1 saturated carbocycles. The minimum atomic E-state index is 0. The van der Waals surface area contributed by atoms with Gasteiger partial charge in [0.05, 0.1) is 0 Å². The summed E-state index contributed by atoms with van der Waals surface area (Å²) in [6.07, 6.45) is 4.41. The van der Waals surface area contributed by atoms with E-state index in [1.54, 1.807) is 0 Å². The van der Waals surface area contributed by atoms with Crippen LogP contribution in [-0.2, 0) is 45.6 Å². The monoisotopic (exact) mass is 538 g/mol. The largest absolute Gasteiger partial charge is 0.294 e. The summed E-state index contributed by atoms with van der Waals surface area (Å²) < 4.78 is 0. The van der Waals surface area contributed by atoms with Gasteiger partial charge in [-0.3, -0.25) is 4.79 Å². The molecule has 0 amide bonds. The third-order valence-electron chi connectivity index (χ3n) is 6.37. The molecule has 0 bridgehead atoms. The van der Waals surface area contributed by atoms with Crippen molar-refractivity contribution in [1.82, 2.24) is 0 Å². The van der Waals surface area contributed by atoms with E-state index < -0.39 is 0 Å². The van der Waals surface area contributed by atoms with E-state index in [1.807, 2.05) is 54.6 Å². The zero-order chi connectivity index (χ0) is 21.6. The van der Waals surface area contributed by atoms with E-state index >= 15 is 0 Å². The molecular weight excluding hydrogens is 512 g/mol. The van der Waals surface area contributed by atoms with Crippen LogP contribution in [0.5, 0.6) is 0 Å². The van der Waals surface area contributed by atoms with Gasteiger partial charge in [0.15, 0.2) is 5.78 Å². The van der Waals surface area contributed by atoms with Crippen molar-refractivity contribution in [2.24, 2.45) is 5.92 Å². The van der Waals surface area contributed by atoms with Gasteiger partial charge in [0, 0.05) is 61.4 Å². The molecule has 4 rings (SSSR count). The molecule has 3 aromatic carbocycles. The summed E-state index contributed by atoms with van der Waals surface area (Å²) >= 11 is 13.5.